The lowest BCUT2D eigenvalue weighted by atomic mass is 10.1. The molecule has 3 heteroatoms. The summed E-state index contributed by atoms with van der Waals surface area (Å²) in [6.45, 7) is 0. The topological polar surface area (TPSA) is 46.2 Å². The lowest BCUT2D eigenvalue weighted by Crippen LogP contribution is -1.86. The lowest BCUT2D eigenvalue weighted by molar-refractivity contribution is 0.475. The normalized spacial score (nSPS) is 10.2. The molecule has 0 aromatic heterocycles. The van der Waals surface area contributed by atoms with Crippen molar-refractivity contribution in [3.05, 3.63) is 46.9 Å². The van der Waals surface area contributed by atoms with Gasteiger partial charge >= 0.3 is 0 Å². The Morgan fingerprint density at radius 3 is 2.13 bits per heavy atom. The van der Waals surface area contributed by atoms with E-state index in [9.17, 15) is 5.11 Å². The fourth-order valence-corrected chi connectivity index (χ4v) is 1.74. The van der Waals surface area contributed by atoms with Crippen LogP contribution in [0.15, 0.2) is 46.9 Å². The third-order valence-corrected chi connectivity index (χ3v) is 2.89. The number of benzene rings is 2. The lowest BCUT2D eigenvalue weighted by Gasteiger charge is -2.04. The molecule has 0 aliphatic carbocycles. The standard InChI is InChI=1S/C12H10BrNO/c13-11-7-9(3-6-12(11)14)8-1-4-10(15)5-2-8/h1-7,15H,14H2. The molecule has 0 spiro atoms. The number of phenolic OH excluding ortho intramolecular Hbond substituents is 1. The summed E-state index contributed by atoms with van der Waals surface area (Å²) in [5, 5.41) is 9.17. The van der Waals surface area contributed by atoms with E-state index in [4.69, 9.17) is 5.73 Å². The molecule has 0 saturated carbocycles. The predicted octanol–water partition coefficient (Wildman–Crippen LogP) is 3.40. The zero-order chi connectivity index (χ0) is 10.8. The first-order chi connectivity index (χ1) is 7.16. The summed E-state index contributed by atoms with van der Waals surface area (Å²) in [4.78, 5) is 0. The highest BCUT2D eigenvalue weighted by atomic mass is 79.9. The van der Waals surface area contributed by atoms with Crippen LogP contribution in [0.3, 0.4) is 0 Å². The molecule has 0 atom stereocenters. The SMILES string of the molecule is Nc1ccc(-c2ccc(O)cc2)cc1Br. The van der Waals surface area contributed by atoms with E-state index in [0.29, 0.717) is 0 Å². The Balaban J connectivity index is 2.45. The van der Waals surface area contributed by atoms with Crippen LogP contribution in [0.2, 0.25) is 0 Å². The molecule has 2 rings (SSSR count). The van der Waals surface area contributed by atoms with Crippen LogP contribution in [0, 0.1) is 0 Å². The van der Waals surface area contributed by atoms with Crippen molar-refractivity contribution in [1.82, 2.24) is 0 Å². The number of hydrogen-bond acceptors (Lipinski definition) is 2. The molecule has 0 heterocycles. The molecule has 0 fully saturated rings. The van der Waals surface area contributed by atoms with Gasteiger partial charge < -0.3 is 10.8 Å². The first-order valence-electron chi connectivity index (χ1n) is 4.51. The molecular weight excluding hydrogens is 254 g/mol. The van der Waals surface area contributed by atoms with Crippen molar-refractivity contribution >= 4 is 21.6 Å². The fraction of sp³-hybridized carbons (Fsp3) is 0. The van der Waals surface area contributed by atoms with E-state index in [2.05, 4.69) is 15.9 Å². The maximum Gasteiger partial charge on any atom is 0.115 e. The highest BCUT2D eigenvalue weighted by Gasteiger charge is 2.00. The highest BCUT2D eigenvalue weighted by molar-refractivity contribution is 9.10. The Morgan fingerprint density at radius 2 is 1.53 bits per heavy atom. The summed E-state index contributed by atoms with van der Waals surface area (Å²) in [5.41, 5.74) is 8.54. The molecule has 15 heavy (non-hydrogen) atoms. The number of nitrogens with two attached hydrogens (primary N) is 1. The van der Waals surface area contributed by atoms with Gasteiger partial charge in [-0.3, -0.25) is 0 Å². The zero-order valence-corrected chi connectivity index (χ0v) is 9.53. The minimum absolute atomic E-state index is 0.272. The van der Waals surface area contributed by atoms with Gasteiger partial charge in [0.15, 0.2) is 0 Å². The van der Waals surface area contributed by atoms with Gasteiger partial charge in [0.05, 0.1) is 0 Å². The number of halogens is 1. The minimum atomic E-state index is 0.272. The molecular formula is C12H10BrNO. The molecule has 0 unspecified atom stereocenters. The van der Waals surface area contributed by atoms with Gasteiger partial charge in [0.1, 0.15) is 5.75 Å². The minimum Gasteiger partial charge on any atom is -0.508 e. The largest absolute Gasteiger partial charge is 0.508 e. The van der Waals surface area contributed by atoms with E-state index < -0.39 is 0 Å². The van der Waals surface area contributed by atoms with Crippen molar-refractivity contribution in [2.45, 2.75) is 0 Å². The number of anilines is 1. The van der Waals surface area contributed by atoms with Crippen LogP contribution in [-0.4, -0.2) is 5.11 Å². The Hall–Kier alpha value is -1.48. The van der Waals surface area contributed by atoms with Gasteiger partial charge in [0.2, 0.25) is 0 Å². The molecule has 0 amide bonds. The molecule has 0 radical (unpaired) electrons. The summed E-state index contributed by atoms with van der Waals surface area (Å²) in [6, 6.07) is 12.8. The number of rotatable bonds is 1. The third-order valence-electron chi connectivity index (χ3n) is 2.20. The van der Waals surface area contributed by atoms with E-state index in [-0.39, 0.29) is 5.75 Å². The molecule has 2 nitrogen and oxygen atoms in total. The van der Waals surface area contributed by atoms with Gasteiger partial charge in [-0.25, -0.2) is 0 Å². The van der Waals surface area contributed by atoms with Crippen molar-refractivity contribution < 1.29 is 5.11 Å². The smallest absolute Gasteiger partial charge is 0.115 e. The van der Waals surface area contributed by atoms with Crippen molar-refractivity contribution in [3.8, 4) is 16.9 Å². The summed E-state index contributed by atoms with van der Waals surface area (Å²) in [6.07, 6.45) is 0. The number of phenols is 1. The van der Waals surface area contributed by atoms with Gasteiger partial charge in [-0.15, -0.1) is 0 Å². The maximum atomic E-state index is 9.17. The first kappa shape index (κ1) is 10.1. The highest BCUT2D eigenvalue weighted by Crippen LogP contribution is 2.28. The summed E-state index contributed by atoms with van der Waals surface area (Å²) in [5.74, 6) is 0.272. The molecule has 3 N–H and O–H groups in total. The second-order valence-corrected chi connectivity index (χ2v) is 4.14. The Morgan fingerprint density at radius 1 is 0.933 bits per heavy atom. The van der Waals surface area contributed by atoms with Crippen LogP contribution in [0.25, 0.3) is 11.1 Å². The third kappa shape index (κ3) is 2.13. The molecule has 2 aromatic carbocycles. The Bertz CT molecular complexity index is 479. The molecule has 2 aromatic rings. The van der Waals surface area contributed by atoms with Gasteiger partial charge in [-0.05, 0) is 51.3 Å². The Labute approximate surface area is 96.5 Å². The van der Waals surface area contributed by atoms with Crippen molar-refractivity contribution in [2.24, 2.45) is 0 Å². The monoisotopic (exact) mass is 263 g/mol. The van der Waals surface area contributed by atoms with Crippen molar-refractivity contribution in [3.63, 3.8) is 0 Å². The molecule has 0 aliphatic rings. The first-order valence-corrected chi connectivity index (χ1v) is 5.30. The van der Waals surface area contributed by atoms with Crippen LogP contribution in [0.4, 0.5) is 5.69 Å². The van der Waals surface area contributed by atoms with Crippen LogP contribution >= 0.6 is 15.9 Å². The average molecular weight is 264 g/mol. The summed E-state index contributed by atoms with van der Waals surface area (Å²) in [7, 11) is 0. The quantitative estimate of drug-likeness (QED) is 0.775. The van der Waals surface area contributed by atoms with Gasteiger partial charge in [-0.1, -0.05) is 18.2 Å². The van der Waals surface area contributed by atoms with Crippen LogP contribution < -0.4 is 5.73 Å². The molecule has 76 valence electrons. The van der Waals surface area contributed by atoms with Gasteiger partial charge in [0, 0.05) is 10.2 Å². The molecule has 0 saturated heterocycles. The second kappa shape index (κ2) is 3.95. The van der Waals surface area contributed by atoms with E-state index in [0.717, 1.165) is 21.3 Å². The van der Waals surface area contributed by atoms with Crippen LogP contribution in [0.1, 0.15) is 0 Å². The number of aromatic hydroxyl groups is 1. The average Bonchev–Trinajstić information content (AvgIpc) is 2.23. The second-order valence-electron chi connectivity index (χ2n) is 3.28. The fourth-order valence-electron chi connectivity index (χ4n) is 1.36. The van der Waals surface area contributed by atoms with Crippen LogP contribution in [0.5, 0.6) is 5.75 Å². The van der Waals surface area contributed by atoms with Crippen LogP contribution in [-0.2, 0) is 0 Å². The van der Waals surface area contributed by atoms with Crippen molar-refractivity contribution in [2.75, 3.05) is 5.73 Å². The number of hydrogen-bond donors (Lipinski definition) is 2. The number of nitrogen functional groups attached to an aromatic ring is 1. The van der Waals surface area contributed by atoms with E-state index in [1.54, 1.807) is 12.1 Å². The van der Waals surface area contributed by atoms with E-state index >= 15 is 0 Å². The van der Waals surface area contributed by atoms with Crippen molar-refractivity contribution in [1.29, 1.82) is 0 Å². The van der Waals surface area contributed by atoms with Gasteiger partial charge in [0.25, 0.3) is 0 Å². The predicted molar refractivity (Wildman–Crippen MR) is 65.7 cm³/mol. The summed E-state index contributed by atoms with van der Waals surface area (Å²) < 4.78 is 0.882. The summed E-state index contributed by atoms with van der Waals surface area (Å²) >= 11 is 3.38. The van der Waals surface area contributed by atoms with Gasteiger partial charge in [-0.2, -0.15) is 0 Å². The zero-order valence-electron chi connectivity index (χ0n) is 7.94. The molecule has 0 aliphatic heterocycles. The Kier molecular flexibility index (Phi) is 2.64. The van der Waals surface area contributed by atoms with E-state index in [1.807, 2.05) is 30.3 Å². The van der Waals surface area contributed by atoms with E-state index in [1.165, 1.54) is 0 Å². The maximum absolute atomic E-state index is 9.17. The molecule has 0 bridgehead atoms.